The quantitative estimate of drug-likeness (QED) is 0.655. The normalized spacial score (nSPS) is 13.6. The van der Waals surface area contributed by atoms with Crippen molar-refractivity contribution in [2.24, 2.45) is 5.73 Å². The first kappa shape index (κ1) is 13.7. The molecule has 0 aliphatic carbocycles. The summed E-state index contributed by atoms with van der Waals surface area (Å²) in [6.45, 7) is 1.46. The maximum Gasteiger partial charge on any atom is 0.250 e. The number of thioether (sulfide) groups is 1. The number of hydrogen-bond acceptors (Lipinski definition) is 5. The number of hydrogen-bond donors (Lipinski definition) is 2. The molecule has 0 radical (unpaired) electrons. The summed E-state index contributed by atoms with van der Waals surface area (Å²) in [6.07, 6.45) is 2.37. The van der Waals surface area contributed by atoms with E-state index in [-0.39, 0.29) is 5.75 Å². The van der Waals surface area contributed by atoms with Crippen molar-refractivity contribution in [3.05, 3.63) is 0 Å². The minimum atomic E-state index is -3.48. The van der Waals surface area contributed by atoms with Crippen LogP contribution in [0.1, 0.15) is 13.3 Å². The van der Waals surface area contributed by atoms with Crippen molar-refractivity contribution in [2.45, 2.75) is 19.4 Å². The summed E-state index contributed by atoms with van der Waals surface area (Å²) < 4.78 is 23.9. The smallest absolute Gasteiger partial charge is 0.250 e. The summed E-state index contributed by atoms with van der Waals surface area (Å²) in [7, 11) is -3.48. The van der Waals surface area contributed by atoms with E-state index in [0.717, 1.165) is 5.75 Å². The number of amides is 1. The largest absolute Gasteiger partial charge is 0.320 e. The zero-order valence-corrected chi connectivity index (χ0v) is 9.95. The Hall–Kier alpha value is -0.270. The van der Waals surface area contributed by atoms with Gasteiger partial charge < -0.3 is 5.73 Å². The third-order valence-electron chi connectivity index (χ3n) is 1.61. The predicted octanol–water partition coefficient (Wildman–Crippen LogP) is -0.467. The molecule has 0 aliphatic rings. The lowest BCUT2D eigenvalue weighted by Crippen LogP contribution is -2.44. The summed E-state index contributed by atoms with van der Waals surface area (Å²) in [5, 5.41) is 0. The minimum absolute atomic E-state index is 0.117. The Balaban J connectivity index is 4.08. The van der Waals surface area contributed by atoms with Crippen LogP contribution in [0.25, 0.3) is 0 Å². The van der Waals surface area contributed by atoms with Gasteiger partial charge in [-0.25, -0.2) is 8.42 Å². The molecule has 0 aromatic carbocycles. The fourth-order valence-corrected chi connectivity index (χ4v) is 1.77. The van der Waals surface area contributed by atoms with Crippen LogP contribution in [0.15, 0.2) is 0 Å². The lowest BCUT2D eigenvalue weighted by Gasteiger charge is -2.10. The summed E-state index contributed by atoms with van der Waals surface area (Å²) >= 11 is 1.56. The molecule has 0 saturated carbocycles. The van der Waals surface area contributed by atoms with Gasteiger partial charge in [0.25, 0.3) is 0 Å². The van der Waals surface area contributed by atoms with Gasteiger partial charge in [-0.1, -0.05) is 0 Å². The highest BCUT2D eigenvalue weighted by atomic mass is 32.2. The van der Waals surface area contributed by atoms with Gasteiger partial charge in [-0.2, -0.15) is 11.8 Å². The molecular weight excluding hydrogens is 224 g/mol. The lowest BCUT2D eigenvalue weighted by molar-refractivity contribution is -0.120. The van der Waals surface area contributed by atoms with Gasteiger partial charge in [0.2, 0.25) is 15.9 Å². The molecule has 0 rings (SSSR count). The number of carbonyl (C=O) groups is 1. The second-order valence-corrected chi connectivity index (χ2v) is 5.75. The van der Waals surface area contributed by atoms with E-state index in [1.54, 1.807) is 11.8 Å². The average molecular weight is 240 g/mol. The van der Waals surface area contributed by atoms with Gasteiger partial charge in [-0.15, -0.1) is 0 Å². The molecule has 84 valence electrons. The van der Waals surface area contributed by atoms with Crippen molar-refractivity contribution < 1.29 is 13.2 Å². The number of sulfonamides is 1. The van der Waals surface area contributed by atoms with Crippen LogP contribution in [0.4, 0.5) is 0 Å². The van der Waals surface area contributed by atoms with E-state index in [1.807, 2.05) is 11.0 Å². The van der Waals surface area contributed by atoms with Crippen LogP contribution < -0.4 is 10.5 Å². The second-order valence-electron chi connectivity index (χ2n) is 2.76. The molecule has 0 saturated heterocycles. The van der Waals surface area contributed by atoms with E-state index in [4.69, 9.17) is 5.73 Å². The first-order chi connectivity index (χ1) is 6.43. The van der Waals surface area contributed by atoms with Crippen LogP contribution in [0.3, 0.4) is 0 Å². The standard InChI is InChI=1S/C7H16N2O3S2/c1-3-14(11,12)9-7(10)6(8)4-5-13-2/h6H,3-5,8H2,1-2H3,(H,9,10)/t6-/m0/s1. The first-order valence-electron chi connectivity index (χ1n) is 4.21. The van der Waals surface area contributed by atoms with Gasteiger partial charge in [-0.05, 0) is 25.4 Å². The average Bonchev–Trinajstić information content (AvgIpc) is 2.13. The molecule has 0 bridgehead atoms. The molecule has 1 amide bonds. The molecule has 3 N–H and O–H groups in total. The van der Waals surface area contributed by atoms with Gasteiger partial charge in [0.15, 0.2) is 0 Å². The SMILES string of the molecule is CCS(=O)(=O)NC(=O)[C@@H](N)CCSC. The molecule has 0 heterocycles. The van der Waals surface area contributed by atoms with Crippen molar-refractivity contribution >= 4 is 27.7 Å². The van der Waals surface area contributed by atoms with Crippen molar-refractivity contribution in [3.8, 4) is 0 Å². The Morgan fingerprint density at radius 1 is 1.57 bits per heavy atom. The zero-order valence-electron chi connectivity index (χ0n) is 8.32. The first-order valence-corrected chi connectivity index (χ1v) is 7.26. The third kappa shape index (κ3) is 5.46. The third-order valence-corrected chi connectivity index (χ3v) is 3.52. The summed E-state index contributed by atoms with van der Waals surface area (Å²) in [4.78, 5) is 11.2. The molecular formula is C7H16N2O3S2. The highest BCUT2D eigenvalue weighted by molar-refractivity contribution is 7.98. The fraction of sp³-hybridized carbons (Fsp3) is 0.857. The van der Waals surface area contributed by atoms with Gasteiger partial charge >= 0.3 is 0 Å². The molecule has 0 aliphatic heterocycles. The Bertz CT molecular complexity index is 277. The maximum absolute atomic E-state index is 11.2. The lowest BCUT2D eigenvalue weighted by atomic mass is 10.2. The Morgan fingerprint density at radius 2 is 2.14 bits per heavy atom. The van der Waals surface area contributed by atoms with E-state index < -0.39 is 22.0 Å². The second kappa shape index (κ2) is 6.26. The summed E-state index contributed by atoms with van der Waals surface area (Å²) in [6, 6.07) is -0.747. The Morgan fingerprint density at radius 3 is 2.57 bits per heavy atom. The zero-order chi connectivity index (χ0) is 11.2. The molecule has 0 unspecified atom stereocenters. The van der Waals surface area contributed by atoms with E-state index in [0.29, 0.717) is 6.42 Å². The molecule has 0 spiro atoms. The minimum Gasteiger partial charge on any atom is -0.320 e. The Kier molecular flexibility index (Phi) is 6.14. The van der Waals surface area contributed by atoms with Gasteiger partial charge in [0.05, 0.1) is 11.8 Å². The number of rotatable bonds is 6. The van der Waals surface area contributed by atoms with Gasteiger partial charge in [-0.3, -0.25) is 9.52 Å². The van der Waals surface area contributed by atoms with Crippen LogP contribution in [-0.2, 0) is 14.8 Å². The van der Waals surface area contributed by atoms with E-state index in [9.17, 15) is 13.2 Å². The highest BCUT2D eigenvalue weighted by Gasteiger charge is 2.18. The fourth-order valence-electron chi connectivity index (χ4n) is 0.677. The molecule has 5 nitrogen and oxygen atoms in total. The monoisotopic (exact) mass is 240 g/mol. The highest BCUT2D eigenvalue weighted by Crippen LogP contribution is 1.99. The van der Waals surface area contributed by atoms with E-state index in [2.05, 4.69) is 0 Å². The van der Waals surface area contributed by atoms with Crippen LogP contribution in [-0.4, -0.2) is 38.1 Å². The van der Waals surface area contributed by atoms with Crippen molar-refractivity contribution in [2.75, 3.05) is 17.8 Å². The van der Waals surface area contributed by atoms with Crippen LogP contribution in [0.5, 0.6) is 0 Å². The van der Waals surface area contributed by atoms with Crippen molar-refractivity contribution in [1.82, 2.24) is 4.72 Å². The van der Waals surface area contributed by atoms with Crippen molar-refractivity contribution in [3.63, 3.8) is 0 Å². The van der Waals surface area contributed by atoms with Crippen LogP contribution in [0.2, 0.25) is 0 Å². The Labute approximate surface area is 88.9 Å². The van der Waals surface area contributed by atoms with Gasteiger partial charge in [0, 0.05) is 0 Å². The topological polar surface area (TPSA) is 89.3 Å². The molecule has 14 heavy (non-hydrogen) atoms. The van der Waals surface area contributed by atoms with E-state index >= 15 is 0 Å². The predicted molar refractivity (Wildman–Crippen MR) is 58.6 cm³/mol. The summed E-state index contributed by atoms with van der Waals surface area (Å²) in [5.74, 6) is -0.00438. The number of carbonyl (C=O) groups excluding carboxylic acids is 1. The van der Waals surface area contributed by atoms with Crippen LogP contribution >= 0.6 is 11.8 Å². The molecule has 1 atom stereocenters. The van der Waals surface area contributed by atoms with Crippen LogP contribution in [0, 0.1) is 0 Å². The molecule has 7 heteroatoms. The van der Waals surface area contributed by atoms with Crippen molar-refractivity contribution in [1.29, 1.82) is 0 Å². The number of nitrogens with one attached hydrogen (secondary N) is 1. The summed E-state index contributed by atoms with van der Waals surface area (Å²) in [5.41, 5.74) is 5.48. The van der Waals surface area contributed by atoms with Gasteiger partial charge in [0.1, 0.15) is 0 Å². The molecule has 0 aromatic heterocycles. The number of nitrogens with two attached hydrogens (primary N) is 1. The van der Waals surface area contributed by atoms with E-state index in [1.165, 1.54) is 6.92 Å². The molecule has 0 aromatic rings. The maximum atomic E-state index is 11.2. The molecule has 0 fully saturated rings.